The van der Waals surface area contributed by atoms with Gasteiger partial charge in [-0.2, -0.15) is 0 Å². The van der Waals surface area contributed by atoms with Gasteiger partial charge in [-0.3, -0.25) is 0 Å². The number of aryl methyl sites for hydroxylation is 1. The maximum absolute atomic E-state index is 10.5. The summed E-state index contributed by atoms with van der Waals surface area (Å²) in [6.07, 6.45) is 2.77. The van der Waals surface area contributed by atoms with Gasteiger partial charge in [0.1, 0.15) is 0 Å². The Morgan fingerprint density at radius 3 is 2.39 bits per heavy atom. The minimum absolute atomic E-state index is 0.928. The molecule has 2 aromatic rings. The third kappa shape index (κ3) is 2.86. The number of benzene rings is 2. The van der Waals surface area contributed by atoms with Crippen LogP contribution in [-0.4, -0.2) is 11.1 Å². The molecule has 2 rings (SSSR count). The minimum atomic E-state index is -0.929. The number of aliphatic carboxylic acids is 1. The van der Waals surface area contributed by atoms with Crippen LogP contribution in [0.25, 0.3) is 17.2 Å². The highest BCUT2D eigenvalue weighted by Crippen LogP contribution is 2.22. The summed E-state index contributed by atoms with van der Waals surface area (Å²) in [7, 11) is 0. The minimum Gasteiger partial charge on any atom is -0.478 e. The Bertz CT molecular complexity index is 583. The van der Waals surface area contributed by atoms with Crippen LogP contribution in [0.3, 0.4) is 0 Å². The van der Waals surface area contributed by atoms with E-state index in [-0.39, 0.29) is 0 Å². The first kappa shape index (κ1) is 12.1. The smallest absolute Gasteiger partial charge is 0.328 e. The van der Waals surface area contributed by atoms with Gasteiger partial charge in [-0.15, -0.1) is 0 Å². The predicted molar refractivity (Wildman–Crippen MR) is 73.3 cm³/mol. The summed E-state index contributed by atoms with van der Waals surface area (Å²) in [5, 5.41) is 8.61. The topological polar surface area (TPSA) is 37.3 Å². The average Bonchev–Trinajstić information content (AvgIpc) is 2.38. The molecule has 0 aliphatic carbocycles. The van der Waals surface area contributed by atoms with Gasteiger partial charge in [0.25, 0.3) is 0 Å². The lowest BCUT2D eigenvalue weighted by molar-refractivity contribution is -0.131. The summed E-state index contributed by atoms with van der Waals surface area (Å²) >= 11 is 0. The Morgan fingerprint density at radius 1 is 1.06 bits per heavy atom. The van der Waals surface area contributed by atoms with E-state index in [9.17, 15) is 4.79 Å². The van der Waals surface area contributed by atoms with E-state index in [0.29, 0.717) is 0 Å². The van der Waals surface area contributed by atoms with Gasteiger partial charge in [-0.1, -0.05) is 48.5 Å². The number of carbonyl (C=O) groups is 1. The van der Waals surface area contributed by atoms with Gasteiger partial charge in [0.15, 0.2) is 0 Å². The largest absolute Gasteiger partial charge is 0.478 e. The summed E-state index contributed by atoms with van der Waals surface area (Å²) in [4.78, 5) is 10.5. The molecule has 0 aromatic heterocycles. The van der Waals surface area contributed by atoms with Gasteiger partial charge in [0.05, 0.1) is 0 Å². The number of hydrogen-bond donors (Lipinski definition) is 1. The van der Waals surface area contributed by atoms with Crippen molar-refractivity contribution in [3.8, 4) is 11.1 Å². The van der Waals surface area contributed by atoms with Crippen LogP contribution in [0.15, 0.2) is 54.6 Å². The van der Waals surface area contributed by atoms with Crippen LogP contribution in [-0.2, 0) is 4.79 Å². The molecule has 0 radical (unpaired) electrons. The number of rotatable bonds is 3. The first-order valence-corrected chi connectivity index (χ1v) is 5.74. The molecule has 0 aliphatic rings. The second-order valence-electron chi connectivity index (χ2n) is 4.11. The first-order chi connectivity index (χ1) is 8.66. The van der Waals surface area contributed by atoms with E-state index in [2.05, 4.69) is 18.2 Å². The van der Waals surface area contributed by atoms with E-state index in [1.807, 2.05) is 37.3 Å². The standard InChI is InChI=1S/C16H14O2/c1-12-11-15(14-5-3-2-4-6-14)8-7-13(12)9-10-16(17)18/h2-11H,1H3,(H,17,18). The van der Waals surface area contributed by atoms with Gasteiger partial charge in [-0.25, -0.2) is 4.79 Å². The van der Waals surface area contributed by atoms with E-state index < -0.39 is 5.97 Å². The van der Waals surface area contributed by atoms with Crippen molar-refractivity contribution in [1.82, 2.24) is 0 Å². The Balaban J connectivity index is 2.34. The van der Waals surface area contributed by atoms with Crippen LogP contribution in [0, 0.1) is 6.92 Å². The number of hydrogen-bond acceptors (Lipinski definition) is 1. The normalized spacial score (nSPS) is 10.7. The molecule has 0 amide bonds. The van der Waals surface area contributed by atoms with Crippen molar-refractivity contribution in [3.05, 3.63) is 65.7 Å². The van der Waals surface area contributed by atoms with Crippen LogP contribution < -0.4 is 0 Å². The molecule has 1 N–H and O–H groups in total. The molecule has 0 unspecified atom stereocenters. The quantitative estimate of drug-likeness (QED) is 0.827. The highest BCUT2D eigenvalue weighted by Gasteiger charge is 2.00. The summed E-state index contributed by atoms with van der Waals surface area (Å²) in [6, 6.07) is 16.1. The molecule has 0 aliphatic heterocycles. The summed E-state index contributed by atoms with van der Waals surface area (Å²) < 4.78 is 0. The Hall–Kier alpha value is -2.35. The van der Waals surface area contributed by atoms with E-state index in [1.54, 1.807) is 6.08 Å². The van der Waals surface area contributed by atoms with Gasteiger partial charge in [0, 0.05) is 6.08 Å². The molecule has 0 heterocycles. The lowest BCUT2D eigenvalue weighted by Crippen LogP contribution is -1.88. The molecule has 90 valence electrons. The molecule has 2 heteroatoms. The van der Waals surface area contributed by atoms with Gasteiger partial charge >= 0.3 is 5.97 Å². The van der Waals surface area contributed by atoms with Crippen molar-refractivity contribution in [1.29, 1.82) is 0 Å². The molecule has 0 atom stereocenters. The van der Waals surface area contributed by atoms with Gasteiger partial charge in [-0.05, 0) is 35.3 Å². The molecule has 2 nitrogen and oxygen atoms in total. The van der Waals surface area contributed by atoms with Crippen LogP contribution >= 0.6 is 0 Å². The second kappa shape index (κ2) is 5.32. The van der Waals surface area contributed by atoms with Crippen molar-refractivity contribution >= 4 is 12.0 Å². The van der Waals surface area contributed by atoms with E-state index in [1.165, 1.54) is 0 Å². The Kier molecular flexibility index (Phi) is 3.58. The van der Waals surface area contributed by atoms with Crippen molar-refractivity contribution in [2.75, 3.05) is 0 Å². The molecule has 0 saturated carbocycles. The molecule has 0 fully saturated rings. The summed E-state index contributed by atoms with van der Waals surface area (Å²) in [6.45, 7) is 1.98. The Labute approximate surface area is 106 Å². The predicted octanol–water partition coefficient (Wildman–Crippen LogP) is 3.76. The number of carboxylic acids is 1. The fourth-order valence-corrected chi connectivity index (χ4v) is 1.83. The lowest BCUT2D eigenvalue weighted by Gasteiger charge is -2.05. The first-order valence-electron chi connectivity index (χ1n) is 5.74. The van der Waals surface area contributed by atoms with E-state index >= 15 is 0 Å². The maximum Gasteiger partial charge on any atom is 0.328 e. The molecular formula is C16H14O2. The molecule has 0 spiro atoms. The molecule has 0 saturated heterocycles. The van der Waals surface area contributed by atoms with Crippen LogP contribution in [0.4, 0.5) is 0 Å². The third-order valence-electron chi connectivity index (χ3n) is 2.78. The molecule has 2 aromatic carbocycles. The number of carboxylic acid groups (broad SMARTS) is 1. The maximum atomic E-state index is 10.5. The van der Waals surface area contributed by atoms with Crippen LogP contribution in [0.2, 0.25) is 0 Å². The highest BCUT2D eigenvalue weighted by atomic mass is 16.4. The zero-order valence-electron chi connectivity index (χ0n) is 10.1. The van der Waals surface area contributed by atoms with Crippen LogP contribution in [0.5, 0.6) is 0 Å². The van der Waals surface area contributed by atoms with Crippen molar-refractivity contribution in [2.45, 2.75) is 6.92 Å². The second-order valence-corrected chi connectivity index (χ2v) is 4.11. The molecule has 0 bridgehead atoms. The van der Waals surface area contributed by atoms with E-state index in [0.717, 1.165) is 28.3 Å². The zero-order chi connectivity index (χ0) is 13.0. The lowest BCUT2D eigenvalue weighted by atomic mass is 10.00. The van der Waals surface area contributed by atoms with Crippen molar-refractivity contribution in [3.63, 3.8) is 0 Å². The van der Waals surface area contributed by atoms with Gasteiger partial charge < -0.3 is 5.11 Å². The monoisotopic (exact) mass is 238 g/mol. The summed E-state index contributed by atoms with van der Waals surface area (Å²) in [5.41, 5.74) is 4.29. The Morgan fingerprint density at radius 2 is 1.78 bits per heavy atom. The van der Waals surface area contributed by atoms with Crippen molar-refractivity contribution in [2.24, 2.45) is 0 Å². The highest BCUT2D eigenvalue weighted by molar-refractivity contribution is 5.85. The SMILES string of the molecule is Cc1cc(-c2ccccc2)ccc1C=CC(=O)O. The van der Waals surface area contributed by atoms with Crippen molar-refractivity contribution < 1.29 is 9.90 Å². The zero-order valence-corrected chi connectivity index (χ0v) is 10.1. The fraction of sp³-hybridized carbons (Fsp3) is 0.0625. The molecular weight excluding hydrogens is 224 g/mol. The van der Waals surface area contributed by atoms with E-state index in [4.69, 9.17) is 5.11 Å². The van der Waals surface area contributed by atoms with Crippen LogP contribution in [0.1, 0.15) is 11.1 Å². The average molecular weight is 238 g/mol. The fourth-order valence-electron chi connectivity index (χ4n) is 1.83. The summed E-state index contributed by atoms with van der Waals surface area (Å²) in [5.74, 6) is -0.929. The molecule has 18 heavy (non-hydrogen) atoms. The third-order valence-corrected chi connectivity index (χ3v) is 2.78. The van der Waals surface area contributed by atoms with Gasteiger partial charge in [0.2, 0.25) is 0 Å².